The molecule has 0 spiro atoms. The Morgan fingerprint density at radius 2 is 2.38 bits per heavy atom. The SMILES string of the molecule is COC(=O)c1cncc(N2CC(CO)C2)n1. The summed E-state index contributed by atoms with van der Waals surface area (Å²) in [4.78, 5) is 21.3. The molecule has 6 nitrogen and oxygen atoms in total. The van der Waals surface area contributed by atoms with Crippen LogP contribution in [0.2, 0.25) is 0 Å². The molecular weight excluding hydrogens is 210 g/mol. The number of methoxy groups -OCH3 is 1. The van der Waals surface area contributed by atoms with Gasteiger partial charge in [-0.05, 0) is 0 Å². The number of nitrogens with zero attached hydrogens (tertiary/aromatic N) is 3. The molecule has 1 aliphatic heterocycles. The molecule has 0 radical (unpaired) electrons. The van der Waals surface area contributed by atoms with Gasteiger partial charge in [-0.3, -0.25) is 4.98 Å². The molecule has 0 amide bonds. The van der Waals surface area contributed by atoms with E-state index in [1.165, 1.54) is 13.3 Å². The summed E-state index contributed by atoms with van der Waals surface area (Å²) in [5.41, 5.74) is 0.201. The van der Waals surface area contributed by atoms with Gasteiger partial charge in [0, 0.05) is 25.6 Å². The summed E-state index contributed by atoms with van der Waals surface area (Å²) in [5, 5.41) is 8.89. The number of rotatable bonds is 3. The normalized spacial score (nSPS) is 15.8. The maximum absolute atomic E-state index is 11.2. The Morgan fingerprint density at radius 1 is 1.62 bits per heavy atom. The Bertz CT molecular complexity index is 391. The van der Waals surface area contributed by atoms with Crippen LogP contribution in [0.15, 0.2) is 12.4 Å². The first-order valence-electron chi connectivity index (χ1n) is 5.00. The third-order valence-corrected chi connectivity index (χ3v) is 2.56. The lowest BCUT2D eigenvalue weighted by Gasteiger charge is -2.38. The number of carbonyl (C=O) groups is 1. The molecule has 1 N–H and O–H groups in total. The molecular formula is C10H13N3O3. The third-order valence-electron chi connectivity index (χ3n) is 2.56. The summed E-state index contributed by atoms with van der Waals surface area (Å²) in [7, 11) is 1.31. The van der Waals surface area contributed by atoms with Gasteiger partial charge in [0.05, 0.1) is 19.5 Å². The Balaban J connectivity index is 2.09. The predicted molar refractivity (Wildman–Crippen MR) is 56.2 cm³/mol. The number of aliphatic hydroxyl groups is 1. The zero-order chi connectivity index (χ0) is 11.5. The van der Waals surface area contributed by atoms with Crippen LogP contribution < -0.4 is 4.90 Å². The van der Waals surface area contributed by atoms with E-state index in [2.05, 4.69) is 14.7 Å². The van der Waals surface area contributed by atoms with Gasteiger partial charge in [0.1, 0.15) is 5.82 Å². The highest BCUT2D eigenvalue weighted by atomic mass is 16.5. The first-order valence-corrected chi connectivity index (χ1v) is 5.00. The van der Waals surface area contributed by atoms with Crippen molar-refractivity contribution in [3.8, 4) is 0 Å². The molecule has 1 saturated heterocycles. The first-order chi connectivity index (χ1) is 7.74. The van der Waals surface area contributed by atoms with E-state index in [4.69, 9.17) is 5.11 Å². The molecule has 1 aliphatic rings. The quantitative estimate of drug-likeness (QED) is 0.708. The largest absolute Gasteiger partial charge is 0.464 e. The highest BCUT2D eigenvalue weighted by Gasteiger charge is 2.27. The fourth-order valence-electron chi connectivity index (χ4n) is 1.58. The fraction of sp³-hybridized carbons (Fsp3) is 0.500. The van der Waals surface area contributed by atoms with Crippen molar-refractivity contribution >= 4 is 11.8 Å². The maximum atomic E-state index is 11.2. The molecule has 1 aromatic rings. The van der Waals surface area contributed by atoms with Gasteiger partial charge >= 0.3 is 5.97 Å². The molecule has 0 bridgehead atoms. The van der Waals surface area contributed by atoms with Crippen molar-refractivity contribution in [2.24, 2.45) is 5.92 Å². The molecule has 0 atom stereocenters. The Hall–Kier alpha value is -1.69. The van der Waals surface area contributed by atoms with E-state index >= 15 is 0 Å². The van der Waals surface area contributed by atoms with Crippen molar-refractivity contribution in [1.29, 1.82) is 0 Å². The molecule has 0 aromatic carbocycles. The lowest BCUT2D eigenvalue weighted by molar-refractivity contribution is 0.0593. The summed E-state index contributed by atoms with van der Waals surface area (Å²) in [6, 6.07) is 0. The van der Waals surface area contributed by atoms with Crippen LogP contribution in [-0.2, 0) is 4.74 Å². The van der Waals surface area contributed by atoms with Crippen LogP contribution >= 0.6 is 0 Å². The first kappa shape index (κ1) is 10.8. The number of anilines is 1. The van der Waals surface area contributed by atoms with E-state index in [1.807, 2.05) is 4.90 Å². The van der Waals surface area contributed by atoms with Crippen LogP contribution in [-0.4, -0.2) is 47.8 Å². The number of aromatic nitrogens is 2. The van der Waals surface area contributed by atoms with Crippen LogP contribution in [0, 0.1) is 5.92 Å². The second-order valence-electron chi connectivity index (χ2n) is 3.71. The number of hydrogen-bond acceptors (Lipinski definition) is 6. The highest BCUT2D eigenvalue weighted by molar-refractivity contribution is 5.87. The van der Waals surface area contributed by atoms with E-state index in [-0.39, 0.29) is 12.3 Å². The third kappa shape index (κ3) is 1.96. The molecule has 0 aliphatic carbocycles. The van der Waals surface area contributed by atoms with E-state index < -0.39 is 5.97 Å². The zero-order valence-corrected chi connectivity index (χ0v) is 8.96. The van der Waals surface area contributed by atoms with Crippen LogP contribution in [0.25, 0.3) is 0 Å². The van der Waals surface area contributed by atoms with Gasteiger partial charge in [-0.15, -0.1) is 0 Å². The number of esters is 1. The molecule has 0 saturated carbocycles. The molecule has 2 heterocycles. The zero-order valence-electron chi connectivity index (χ0n) is 8.96. The van der Waals surface area contributed by atoms with Crippen LogP contribution in [0.5, 0.6) is 0 Å². The Kier molecular flexibility index (Phi) is 3.00. The molecule has 16 heavy (non-hydrogen) atoms. The van der Waals surface area contributed by atoms with Crippen molar-refractivity contribution in [3.05, 3.63) is 18.1 Å². The smallest absolute Gasteiger partial charge is 0.358 e. The van der Waals surface area contributed by atoms with Crippen LogP contribution in [0.1, 0.15) is 10.5 Å². The lowest BCUT2D eigenvalue weighted by Crippen LogP contribution is -2.48. The fourth-order valence-corrected chi connectivity index (χ4v) is 1.58. The van der Waals surface area contributed by atoms with Crippen molar-refractivity contribution in [2.75, 3.05) is 31.7 Å². The molecule has 6 heteroatoms. The minimum Gasteiger partial charge on any atom is -0.464 e. The average Bonchev–Trinajstić information content (AvgIpc) is 2.27. The number of ether oxygens (including phenoxy) is 1. The second-order valence-corrected chi connectivity index (χ2v) is 3.71. The van der Waals surface area contributed by atoms with Crippen molar-refractivity contribution in [1.82, 2.24) is 9.97 Å². The van der Waals surface area contributed by atoms with E-state index in [0.29, 0.717) is 11.7 Å². The predicted octanol–water partition coefficient (Wildman–Crippen LogP) is -0.308. The molecule has 1 aromatic heterocycles. The Labute approximate surface area is 92.9 Å². The topological polar surface area (TPSA) is 75.5 Å². The summed E-state index contributed by atoms with van der Waals surface area (Å²) < 4.78 is 4.56. The average molecular weight is 223 g/mol. The monoisotopic (exact) mass is 223 g/mol. The lowest BCUT2D eigenvalue weighted by atomic mass is 10.0. The van der Waals surface area contributed by atoms with Crippen LogP contribution in [0.4, 0.5) is 5.82 Å². The summed E-state index contributed by atoms with van der Waals surface area (Å²) in [5.74, 6) is 0.449. The van der Waals surface area contributed by atoms with Crippen molar-refractivity contribution in [2.45, 2.75) is 0 Å². The van der Waals surface area contributed by atoms with Crippen LogP contribution in [0.3, 0.4) is 0 Å². The molecule has 2 rings (SSSR count). The molecule has 1 fully saturated rings. The van der Waals surface area contributed by atoms with Crippen molar-refractivity contribution in [3.63, 3.8) is 0 Å². The minimum absolute atomic E-state index is 0.181. The summed E-state index contributed by atoms with van der Waals surface area (Å²) in [6.45, 7) is 1.67. The minimum atomic E-state index is -0.492. The van der Waals surface area contributed by atoms with Gasteiger partial charge in [-0.2, -0.15) is 0 Å². The summed E-state index contributed by atoms with van der Waals surface area (Å²) >= 11 is 0. The maximum Gasteiger partial charge on any atom is 0.358 e. The molecule has 86 valence electrons. The van der Waals surface area contributed by atoms with Gasteiger partial charge in [0.2, 0.25) is 0 Å². The number of aliphatic hydroxyl groups excluding tert-OH is 1. The van der Waals surface area contributed by atoms with Gasteiger partial charge in [-0.1, -0.05) is 0 Å². The van der Waals surface area contributed by atoms with Gasteiger partial charge in [-0.25, -0.2) is 9.78 Å². The standard InChI is InChI=1S/C10H13N3O3/c1-16-10(15)8-2-11-3-9(12-8)13-4-7(5-13)6-14/h2-3,7,14H,4-6H2,1H3. The van der Waals surface area contributed by atoms with Crippen molar-refractivity contribution < 1.29 is 14.6 Å². The van der Waals surface area contributed by atoms with Gasteiger partial charge in [0.25, 0.3) is 0 Å². The van der Waals surface area contributed by atoms with E-state index in [1.54, 1.807) is 6.20 Å². The van der Waals surface area contributed by atoms with E-state index in [0.717, 1.165) is 13.1 Å². The van der Waals surface area contributed by atoms with Gasteiger partial charge in [0.15, 0.2) is 5.69 Å². The number of carbonyl (C=O) groups excluding carboxylic acids is 1. The Morgan fingerprint density at radius 3 is 3.00 bits per heavy atom. The van der Waals surface area contributed by atoms with Gasteiger partial charge < -0.3 is 14.7 Å². The number of hydrogen-bond donors (Lipinski definition) is 1. The molecule has 0 unspecified atom stereocenters. The summed E-state index contributed by atoms with van der Waals surface area (Å²) in [6.07, 6.45) is 2.97. The van der Waals surface area contributed by atoms with E-state index in [9.17, 15) is 4.79 Å². The second kappa shape index (κ2) is 4.44. The highest BCUT2D eigenvalue weighted by Crippen LogP contribution is 2.21.